The van der Waals surface area contributed by atoms with E-state index in [1.54, 1.807) is 20.8 Å². The van der Waals surface area contributed by atoms with Gasteiger partial charge in [-0.3, -0.25) is 8.37 Å². The van der Waals surface area contributed by atoms with Gasteiger partial charge < -0.3 is 10.1 Å². The van der Waals surface area contributed by atoms with E-state index in [4.69, 9.17) is 4.74 Å². The van der Waals surface area contributed by atoms with Crippen molar-refractivity contribution in [2.75, 3.05) is 25.7 Å². The van der Waals surface area contributed by atoms with Crippen LogP contribution in [0, 0.1) is 0 Å². The molecule has 0 heterocycles. The molecular formula is C10H21NO8S2. The zero-order valence-electron chi connectivity index (χ0n) is 12.6. The lowest BCUT2D eigenvalue weighted by atomic mass is 10.2. The number of hydrogen-bond donors (Lipinski definition) is 1. The monoisotopic (exact) mass is 347 g/mol. The quantitative estimate of drug-likeness (QED) is 0.629. The van der Waals surface area contributed by atoms with E-state index in [1.807, 2.05) is 0 Å². The summed E-state index contributed by atoms with van der Waals surface area (Å²) in [7, 11) is -7.60. The Bertz CT molecular complexity index is 546. The fraction of sp³-hybridized carbons (Fsp3) is 0.900. The Hall–Kier alpha value is -0.910. The van der Waals surface area contributed by atoms with Gasteiger partial charge in [-0.1, -0.05) is 0 Å². The summed E-state index contributed by atoms with van der Waals surface area (Å²) in [4.78, 5) is 11.4. The maximum Gasteiger partial charge on any atom is 0.407 e. The molecule has 1 amide bonds. The smallest absolute Gasteiger partial charge is 0.407 e. The second-order valence-electron chi connectivity index (χ2n) is 5.29. The summed E-state index contributed by atoms with van der Waals surface area (Å²) in [5, 5.41) is 2.27. The second-order valence-corrected chi connectivity index (χ2v) is 8.54. The first-order valence-corrected chi connectivity index (χ1v) is 9.51. The summed E-state index contributed by atoms with van der Waals surface area (Å²) in [6.45, 7) is 4.12. The highest BCUT2D eigenvalue weighted by molar-refractivity contribution is 7.86. The summed E-state index contributed by atoms with van der Waals surface area (Å²) in [5.41, 5.74) is -0.722. The van der Waals surface area contributed by atoms with E-state index in [0.29, 0.717) is 0 Å². The zero-order valence-corrected chi connectivity index (χ0v) is 14.2. The molecule has 21 heavy (non-hydrogen) atoms. The lowest BCUT2D eigenvalue weighted by Crippen LogP contribution is -2.40. The average molecular weight is 347 g/mol. The second kappa shape index (κ2) is 7.38. The van der Waals surface area contributed by atoms with Crippen LogP contribution in [0.4, 0.5) is 4.79 Å². The summed E-state index contributed by atoms with van der Waals surface area (Å²) in [5.74, 6) is 0. The van der Waals surface area contributed by atoms with Gasteiger partial charge in [-0.15, -0.1) is 0 Å². The highest BCUT2D eigenvalue weighted by Crippen LogP contribution is 2.07. The Morgan fingerprint density at radius 3 is 2.00 bits per heavy atom. The van der Waals surface area contributed by atoms with Crippen molar-refractivity contribution in [3.8, 4) is 0 Å². The van der Waals surface area contributed by atoms with E-state index in [2.05, 4.69) is 13.7 Å². The van der Waals surface area contributed by atoms with Gasteiger partial charge in [-0.05, 0) is 20.8 Å². The van der Waals surface area contributed by atoms with Crippen molar-refractivity contribution in [2.45, 2.75) is 32.5 Å². The first-order chi connectivity index (χ1) is 9.18. The molecule has 0 aliphatic carbocycles. The normalized spacial score (nSPS) is 14.5. The lowest BCUT2D eigenvalue weighted by Gasteiger charge is -2.21. The number of nitrogens with one attached hydrogen (secondary N) is 1. The molecule has 0 aromatic carbocycles. The summed E-state index contributed by atoms with van der Waals surface area (Å²) < 4.78 is 57.9. The summed E-state index contributed by atoms with van der Waals surface area (Å²) in [6.07, 6.45) is -0.370. The van der Waals surface area contributed by atoms with E-state index >= 15 is 0 Å². The summed E-state index contributed by atoms with van der Waals surface area (Å²) in [6, 6.07) is 0. The molecule has 0 rings (SSSR count). The number of carbonyl (C=O) groups excluding carboxylic acids is 1. The number of ether oxygens (including phenoxy) is 1. The molecule has 0 aromatic heterocycles. The third-order valence-electron chi connectivity index (χ3n) is 1.65. The van der Waals surface area contributed by atoms with E-state index in [0.717, 1.165) is 12.5 Å². The first-order valence-electron chi connectivity index (χ1n) is 5.87. The first kappa shape index (κ1) is 20.1. The lowest BCUT2D eigenvalue weighted by molar-refractivity contribution is 0.0487. The van der Waals surface area contributed by atoms with E-state index in [-0.39, 0.29) is 6.54 Å². The summed E-state index contributed by atoms with van der Waals surface area (Å²) >= 11 is 0. The van der Waals surface area contributed by atoms with Crippen molar-refractivity contribution in [2.24, 2.45) is 0 Å². The Kier molecular flexibility index (Phi) is 7.06. The predicted molar refractivity (Wildman–Crippen MR) is 74.7 cm³/mol. The molecule has 0 saturated heterocycles. The van der Waals surface area contributed by atoms with Crippen molar-refractivity contribution in [1.82, 2.24) is 5.32 Å². The van der Waals surface area contributed by atoms with Crippen molar-refractivity contribution >= 4 is 26.3 Å². The van der Waals surface area contributed by atoms with Crippen LogP contribution in [-0.2, 0) is 33.3 Å². The molecule has 0 saturated carbocycles. The van der Waals surface area contributed by atoms with E-state index < -0.39 is 44.6 Å². The highest BCUT2D eigenvalue weighted by atomic mass is 32.2. The number of rotatable bonds is 7. The molecule has 126 valence electrons. The zero-order chi connectivity index (χ0) is 16.9. The largest absolute Gasteiger partial charge is 0.444 e. The molecule has 0 aliphatic heterocycles. The average Bonchev–Trinajstić information content (AvgIpc) is 2.16. The van der Waals surface area contributed by atoms with Crippen molar-refractivity contribution in [3.63, 3.8) is 0 Å². The fourth-order valence-corrected chi connectivity index (χ4v) is 2.10. The minimum atomic E-state index is -3.84. The van der Waals surface area contributed by atoms with Crippen LogP contribution in [-0.4, -0.2) is 60.3 Å². The predicted octanol–water partition coefficient (Wildman–Crippen LogP) is -0.168. The van der Waals surface area contributed by atoms with Crippen LogP contribution in [0.15, 0.2) is 0 Å². The molecule has 11 heteroatoms. The SMILES string of the molecule is CC(C)(C)OC(=O)NCC(COS(C)(=O)=O)OS(C)(=O)=O. The Balaban J connectivity index is 4.58. The van der Waals surface area contributed by atoms with Gasteiger partial charge in [-0.25, -0.2) is 4.79 Å². The molecule has 1 unspecified atom stereocenters. The third-order valence-corrected chi connectivity index (χ3v) is 2.84. The fourth-order valence-electron chi connectivity index (χ4n) is 1.08. The highest BCUT2D eigenvalue weighted by Gasteiger charge is 2.21. The van der Waals surface area contributed by atoms with Gasteiger partial charge in [0.1, 0.15) is 11.7 Å². The molecule has 9 nitrogen and oxygen atoms in total. The molecule has 0 aromatic rings. The molecule has 1 atom stereocenters. The molecule has 0 fully saturated rings. The van der Waals surface area contributed by atoms with Gasteiger partial charge in [0, 0.05) is 0 Å². The Labute approximate surface area is 125 Å². The maximum absolute atomic E-state index is 11.4. The van der Waals surface area contributed by atoms with Crippen LogP contribution in [0.3, 0.4) is 0 Å². The van der Waals surface area contributed by atoms with Gasteiger partial charge in [-0.2, -0.15) is 16.8 Å². The minimum absolute atomic E-state index is 0.294. The van der Waals surface area contributed by atoms with Crippen LogP contribution in [0.2, 0.25) is 0 Å². The van der Waals surface area contributed by atoms with Gasteiger partial charge in [0.05, 0.1) is 25.7 Å². The van der Waals surface area contributed by atoms with Gasteiger partial charge in [0.2, 0.25) is 0 Å². The van der Waals surface area contributed by atoms with E-state index in [9.17, 15) is 21.6 Å². The standard InChI is InChI=1S/C10H21NO8S2/c1-10(2,3)18-9(12)11-6-8(19-21(5,15)16)7-17-20(4,13)14/h8H,6-7H2,1-5H3,(H,11,12). The topological polar surface area (TPSA) is 125 Å². The Morgan fingerprint density at radius 2 is 1.62 bits per heavy atom. The molecule has 0 bridgehead atoms. The van der Waals surface area contributed by atoms with Gasteiger partial charge in [0.25, 0.3) is 20.2 Å². The van der Waals surface area contributed by atoms with Crippen LogP contribution < -0.4 is 5.32 Å². The van der Waals surface area contributed by atoms with E-state index in [1.165, 1.54) is 0 Å². The van der Waals surface area contributed by atoms with Crippen molar-refractivity contribution in [1.29, 1.82) is 0 Å². The minimum Gasteiger partial charge on any atom is -0.444 e. The molecular weight excluding hydrogens is 326 g/mol. The number of carbonyl (C=O) groups is 1. The van der Waals surface area contributed by atoms with Crippen molar-refractivity contribution < 1.29 is 34.7 Å². The van der Waals surface area contributed by atoms with Crippen LogP contribution in [0.25, 0.3) is 0 Å². The van der Waals surface area contributed by atoms with Crippen LogP contribution in [0.1, 0.15) is 20.8 Å². The Morgan fingerprint density at radius 1 is 1.10 bits per heavy atom. The van der Waals surface area contributed by atoms with Gasteiger partial charge in [0.15, 0.2) is 0 Å². The van der Waals surface area contributed by atoms with Crippen LogP contribution in [0.5, 0.6) is 0 Å². The molecule has 1 N–H and O–H groups in total. The molecule has 0 spiro atoms. The third kappa shape index (κ3) is 13.8. The van der Waals surface area contributed by atoms with Crippen LogP contribution >= 0.6 is 0 Å². The number of alkyl carbamates (subject to hydrolysis) is 1. The molecule has 0 aliphatic rings. The number of hydrogen-bond acceptors (Lipinski definition) is 8. The maximum atomic E-state index is 11.4. The van der Waals surface area contributed by atoms with Crippen molar-refractivity contribution in [3.05, 3.63) is 0 Å². The molecule has 0 radical (unpaired) electrons. The van der Waals surface area contributed by atoms with Gasteiger partial charge >= 0.3 is 6.09 Å². The number of amides is 1.